The molecular formula is C6H12NO2+. The molecule has 0 saturated carbocycles. The molecule has 0 aliphatic carbocycles. The van der Waals surface area contributed by atoms with E-state index in [-0.39, 0.29) is 0 Å². The first-order valence-corrected chi connectivity index (χ1v) is 3.18. The highest BCUT2D eigenvalue weighted by atomic mass is 16.4. The summed E-state index contributed by atoms with van der Waals surface area (Å²) in [6.07, 6.45) is 0.316. The molecule has 1 aliphatic rings. The van der Waals surface area contributed by atoms with Crippen LogP contribution in [0.25, 0.3) is 0 Å². The fourth-order valence-corrected chi connectivity index (χ4v) is 0.760. The molecule has 0 aromatic heterocycles. The quantitative estimate of drug-likeness (QED) is 0.428. The number of nitrogens with zero attached hydrogens (tertiary/aromatic N) is 1. The molecule has 0 spiro atoms. The minimum Gasteiger partial charge on any atom is -0.481 e. The molecule has 0 amide bonds. The standard InChI is InChI=1S/C6H11NO2/c1-7(4-5-7)3-2-6(8)9/h2-5H2,1H3/p+1. The van der Waals surface area contributed by atoms with Crippen LogP contribution in [-0.4, -0.2) is 42.2 Å². The summed E-state index contributed by atoms with van der Waals surface area (Å²) >= 11 is 0. The summed E-state index contributed by atoms with van der Waals surface area (Å²) in [6.45, 7) is 3.12. The SMILES string of the molecule is C[N+]1(CCC(=O)O)CC1. The Balaban J connectivity index is 2.12. The van der Waals surface area contributed by atoms with E-state index in [1.807, 2.05) is 0 Å². The average molecular weight is 130 g/mol. The van der Waals surface area contributed by atoms with Crippen molar-refractivity contribution in [2.45, 2.75) is 6.42 Å². The number of carboxylic acids is 1. The molecule has 0 aromatic carbocycles. The highest BCUT2D eigenvalue weighted by Crippen LogP contribution is 2.16. The number of quaternary nitrogens is 1. The lowest BCUT2D eigenvalue weighted by atomic mass is 10.4. The second-order valence-corrected chi connectivity index (χ2v) is 2.93. The fourth-order valence-electron chi connectivity index (χ4n) is 0.760. The van der Waals surface area contributed by atoms with Gasteiger partial charge in [0, 0.05) is 0 Å². The minimum absolute atomic E-state index is 0.316. The lowest BCUT2D eigenvalue weighted by molar-refractivity contribution is -0.776. The third-order valence-corrected chi connectivity index (χ3v) is 1.85. The summed E-state index contributed by atoms with van der Waals surface area (Å²) in [5.41, 5.74) is 0. The number of aliphatic carboxylic acids is 1. The molecule has 0 bridgehead atoms. The Labute approximate surface area is 54.5 Å². The molecule has 1 rings (SSSR count). The molecule has 3 nitrogen and oxygen atoms in total. The maximum atomic E-state index is 10.1. The molecule has 1 fully saturated rings. The van der Waals surface area contributed by atoms with Gasteiger partial charge in [-0.25, -0.2) is 0 Å². The van der Waals surface area contributed by atoms with Crippen LogP contribution in [-0.2, 0) is 4.79 Å². The smallest absolute Gasteiger partial charge is 0.309 e. The lowest BCUT2D eigenvalue weighted by Crippen LogP contribution is -2.23. The average Bonchev–Trinajstić information content (AvgIpc) is 2.45. The molecule has 1 saturated heterocycles. The van der Waals surface area contributed by atoms with Gasteiger partial charge >= 0.3 is 5.97 Å². The topological polar surface area (TPSA) is 37.3 Å². The zero-order valence-corrected chi connectivity index (χ0v) is 5.63. The largest absolute Gasteiger partial charge is 0.481 e. The molecule has 0 unspecified atom stereocenters. The molecule has 0 aromatic rings. The van der Waals surface area contributed by atoms with Gasteiger partial charge in [-0.1, -0.05) is 0 Å². The Hall–Kier alpha value is -0.570. The van der Waals surface area contributed by atoms with Crippen molar-refractivity contribution in [3.8, 4) is 0 Å². The van der Waals surface area contributed by atoms with Crippen molar-refractivity contribution in [3.63, 3.8) is 0 Å². The van der Waals surface area contributed by atoms with Crippen molar-refractivity contribution in [1.29, 1.82) is 0 Å². The van der Waals surface area contributed by atoms with Crippen molar-refractivity contribution >= 4 is 5.97 Å². The summed E-state index contributed by atoms with van der Waals surface area (Å²) < 4.78 is 0.965. The zero-order valence-electron chi connectivity index (χ0n) is 5.63. The van der Waals surface area contributed by atoms with Crippen molar-refractivity contribution in [3.05, 3.63) is 0 Å². The molecule has 0 atom stereocenters. The summed E-state index contributed by atoms with van der Waals surface area (Å²) in [5.74, 6) is -0.679. The summed E-state index contributed by atoms with van der Waals surface area (Å²) in [5, 5.41) is 8.29. The number of rotatable bonds is 3. The normalized spacial score (nSPS) is 21.4. The van der Waals surface area contributed by atoms with Crippen molar-refractivity contribution in [2.24, 2.45) is 0 Å². The van der Waals surface area contributed by atoms with E-state index in [9.17, 15) is 4.79 Å². The van der Waals surface area contributed by atoms with Crippen LogP contribution in [0.3, 0.4) is 0 Å². The number of hydrogen-bond acceptors (Lipinski definition) is 1. The lowest BCUT2D eigenvalue weighted by Gasteiger charge is -2.07. The zero-order chi connectivity index (χ0) is 6.91. The van der Waals surface area contributed by atoms with E-state index in [0.29, 0.717) is 6.42 Å². The molecule has 1 heterocycles. The molecular weight excluding hydrogens is 118 g/mol. The van der Waals surface area contributed by atoms with Crippen LogP contribution in [0.2, 0.25) is 0 Å². The van der Waals surface area contributed by atoms with Gasteiger partial charge in [0.05, 0.1) is 20.0 Å². The number of carbonyl (C=O) groups is 1. The van der Waals surface area contributed by atoms with Gasteiger partial charge in [-0.3, -0.25) is 4.79 Å². The Bertz CT molecular complexity index is 129. The third kappa shape index (κ3) is 2.01. The Morgan fingerprint density at radius 2 is 2.22 bits per heavy atom. The molecule has 3 heteroatoms. The van der Waals surface area contributed by atoms with Crippen molar-refractivity contribution < 1.29 is 14.4 Å². The van der Waals surface area contributed by atoms with Crippen LogP contribution in [0, 0.1) is 0 Å². The van der Waals surface area contributed by atoms with Crippen LogP contribution in [0.1, 0.15) is 6.42 Å². The molecule has 9 heavy (non-hydrogen) atoms. The van der Waals surface area contributed by atoms with E-state index >= 15 is 0 Å². The van der Waals surface area contributed by atoms with Crippen LogP contribution in [0.4, 0.5) is 0 Å². The summed E-state index contributed by atoms with van der Waals surface area (Å²) in [7, 11) is 2.09. The van der Waals surface area contributed by atoms with Gasteiger partial charge in [0.15, 0.2) is 0 Å². The van der Waals surface area contributed by atoms with E-state index in [4.69, 9.17) is 5.11 Å². The van der Waals surface area contributed by atoms with Gasteiger partial charge in [-0.2, -0.15) is 0 Å². The Morgan fingerprint density at radius 1 is 1.67 bits per heavy atom. The number of hydrogen-bond donors (Lipinski definition) is 1. The van der Waals surface area contributed by atoms with E-state index in [0.717, 1.165) is 24.1 Å². The van der Waals surface area contributed by atoms with Gasteiger partial charge in [-0.05, 0) is 0 Å². The maximum Gasteiger partial charge on any atom is 0.309 e. The number of likely N-dealkylation sites (N-methyl/N-ethyl adjacent to an activating group) is 1. The van der Waals surface area contributed by atoms with Crippen molar-refractivity contribution in [2.75, 3.05) is 26.7 Å². The van der Waals surface area contributed by atoms with Crippen LogP contribution < -0.4 is 0 Å². The minimum atomic E-state index is -0.679. The van der Waals surface area contributed by atoms with E-state index in [1.54, 1.807) is 0 Å². The van der Waals surface area contributed by atoms with Gasteiger partial charge in [0.2, 0.25) is 0 Å². The third-order valence-electron chi connectivity index (χ3n) is 1.85. The van der Waals surface area contributed by atoms with E-state index in [2.05, 4.69) is 7.05 Å². The highest BCUT2D eigenvalue weighted by molar-refractivity contribution is 5.66. The van der Waals surface area contributed by atoms with E-state index in [1.165, 1.54) is 0 Å². The van der Waals surface area contributed by atoms with Gasteiger partial charge in [-0.15, -0.1) is 0 Å². The van der Waals surface area contributed by atoms with Crippen LogP contribution >= 0.6 is 0 Å². The summed E-state index contributed by atoms with van der Waals surface area (Å²) in [4.78, 5) is 10.1. The molecule has 52 valence electrons. The number of carboxylic acid groups (broad SMARTS) is 1. The molecule has 1 aliphatic heterocycles. The monoisotopic (exact) mass is 130 g/mol. The summed E-state index contributed by atoms with van der Waals surface area (Å²) in [6, 6.07) is 0. The fraction of sp³-hybridized carbons (Fsp3) is 0.833. The predicted molar refractivity (Wildman–Crippen MR) is 33.0 cm³/mol. The Kier molecular flexibility index (Phi) is 1.45. The second-order valence-electron chi connectivity index (χ2n) is 2.93. The van der Waals surface area contributed by atoms with Gasteiger partial charge in [0.25, 0.3) is 0 Å². The molecule has 1 N–H and O–H groups in total. The molecule has 0 radical (unpaired) electrons. The first-order chi connectivity index (χ1) is 4.12. The van der Waals surface area contributed by atoms with Crippen LogP contribution in [0.15, 0.2) is 0 Å². The van der Waals surface area contributed by atoms with Crippen LogP contribution in [0.5, 0.6) is 0 Å². The van der Waals surface area contributed by atoms with Gasteiger partial charge < -0.3 is 9.59 Å². The maximum absolute atomic E-state index is 10.1. The highest BCUT2D eigenvalue weighted by Gasteiger charge is 2.36. The Morgan fingerprint density at radius 3 is 2.56 bits per heavy atom. The first kappa shape index (κ1) is 6.55. The first-order valence-electron chi connectivity index (χ1n) is 3.18. The predicted octanol–water partition coefficient (Wildman–Crippen LogP) is -0.0787. The second kappa shape index (κ2) is 1.99. The van der Waals surface area contributed by atoms with E-state index < -0.39 is 5.97 Å². The van der Waals surface area contributed by atoms with Gasteiger partial charge in [0.1, 0.15) is 13.1 Å². The van der Waals surface area contributed by atoms with Crippen molar-refractivity contribution in [1.82, 2.24) is 0 Å².